The van der Waals surface area contributed by atoms with Crippen molar-refractivity contribution in [2.75, 3.05) is 5.32 Å². The summed E-state index contributed by atoms with van der Waals surface area (Å²) >= 11 is 5.81. The second-order valence-electron chi connectivity index (χ2n) is 3.69. The third kappa shape index (κ3) is 3.13. The maximum Gasteiger partial charge on any atom is 0.101 e. The van der Waals surface area contributed by atoms with Crippen molar-refractivity contribution in [3.8, 4) is 6.07 Å². The number of nitrogens with one attached hydrogen (secondary N) is 1. The standard InChI is InChI=1S/C15H11ClN2/c16-14-8-6-12(7-9-14)13(10-17)11-18-15-4-2-1-3-5-15/h1-9,11,18H/b13-11-. The molecule has 0 fully saturated rings. The summed E-state index contributed by atoms with van der Waals surface area (Å²) in [6, 6.07) is 19.0. The largest absolute Gasteiger partial charge is 0.360 e. The summed E-state index contributed by atoms with van der Waals surface area (Å²) in [7, 11) is 0. The lowest BCUT2D eigenvalue weighted by Crippen LogP contribution is -1.90. The van der Waals surface area contributed by atoms with Gasteiger partial charge in [0.1, 0.15) is 6.07 Å². The quantitative estimate of drug-likeness (QED) is 0.828. The average Bonchev–Trinajstić information content (AvgIpc) is 2.42. The molecule has 2 rings (SSSR count). The Bertz CT molecular complexity index is 580. The van der Waals surface area contributed by atoms with Gasteiger partial charge in [0.05, 0.1) is 5.57 Å². The van der Waals surface area contributed by atoms with E-state index >= 15 is 0 Å². The minimum absolute atomic E-state index is 0.565. The molecule has 0 spiro atoms. The molecule has 0 atom stereocenters. The fourth-order valence-corrected chi connectivity index (χ4v) is 1.63. The van der Waals surface area contributed by atoms with Crippen LogP contribution in [0.5, 0.6) is 0 Å². The summed E-state index contributed by atoms with van der Waals surface area (Å²) in [5.74, 6) is 0. The summed E-state index contributed by atoms with van der Waals surface area (Å²) < 4.78 is 0. The van der Waals surface area contributed by atoms with E-state index in [1.54, 1.807) is 18.3 Å². The molecule has 0 saturated carbocycles. The molecule has 0 amide bonds. The molecule has 0 aromatic heterocycles. The van der Waals surface area contributed by atoms with E-state index in [-0.39, 0.29) is 0 Å². The molecule has 2 aromatic carbocycles. The van der Waals surface area contributed by atoms with Gasteiger partial charge in [-0.2, -0.15) is 5.26 Å². The van der Waals surface area contributed by atoms with Crippen LogP contribution in [0.1, 0.15) is 5.56 Å². The van der Waals surface area contributed by atoms with Gasteiger partial charge in [-0.3, -0.25) is 0 Å². The molecule has 3 heteroatoms. The van der Waals surface area contributed by atoms with E-state index in [1.165, 1.54) is 0 Å². The number of para-hydroxylation sites is 1. The van der Waals surface area contributed by atoms with Gasteiger partial charge in [0.2, 0.25) is 0 Å². The van der Waals surface area contributed by atoms with Crippen LogP contribution in [0.3, 0.4) is 0 Å². The fourth-order valence-electron chi connectivity index (χ4n) is 1.50. The van der Waals surface area contributed by atoms with Crippen LogP contribution in [0.15, 0.2) is 60.8 Å². The van der Waals surface area contributed by atoms with Gasteiger partial charge in [-0.25, -0.2) is 0 Å². The minimum Gasteiger partial charge on any atom is -0.360 e. The molecule has 0 radical (unpaired) electrons. The number of rotatable bonds is 3. The van der Waals surface area contributed by atoms with Crippen LogP contribution in [0.2, 0.25) is 5.02 Å². The minimum atomic E-state index is 0.565. The summed E-state index contributed by atoms with van der Waals surface area (Å²) in [5.41, 5.74) is 2.35. The Morgan fingerprint density at radius 3 is 2.33 bits per heavy atom. The Morgan fingerprint density at radius 1 is 1.06 bits per heavy atom. The molecule has 0 bridgehead atoms. The number of nitrogens with zero attached hydrogens (tertiary/aromatic N) is 1. The predicted molar refractivity (Wildman–Crippen MR) is 75.1 cm³/mol. The summed E-state index contributed by atoms with van der Waals surface area (Å²) in [4.78, 5) is 0. The molecule has 0 saturated heterocycles. The van der Waals surface area contributed by atoms with Crippen LogP contribution in [0, 0.1) is 11.3 Å². The van der Waals surface area contributed by atoms with Crippen molar-refractivity contribution in [3.05, 3.63) is 71.4 Å². The fraction of sp³-hybridized carbons (Fsp3) is 0. The lowest BCUT2D eigenvalue weighted by molar-refractivity contribution is 1.50. The number of benzene rings is 2. The van der Waals surface area contributed by atoms with E-state index < -0.39 is 0 Å². The van der Waals surface area contributed by atoms with Crippen molar-refractivity contribution in [2.45, 2.75) is 0 Å². The predicted octanol–water partition coefficient (Wildman–Crippen LogP) is 4.32. The maximum atomic E-state index is 9.14. The first-order valence-electron chi connectivity index (χ1n) is 5.47. The first-order chi connectivity index (χ1) is 8.79. The highest BCUT2D eigenvalue weighted by Gasteiger charge is 2.00. The normalized spacial score (nSPS) is 10.8. The van der Waals surface area contributed by atoms with Crippen molar-refractivity contribution in [3.63, 3.8) is 0 Å². The molecule has 0 heterocycles. The number of nitriles is 1. The SMILES string of the molecule is N#C/C(=C/Nc1ccccc1)c1ccc(Cl)cc1. The van der Waals surface area contributed by atoms with E-state index in [0.717, 1.165) is 11.3 Å². The molecular formula is C15H11ClN2. The average molecular weight is 255 g/mol. The second-order valence-corrected chi connectivity index (χ2v) is 4.12. The van der Waals surface area contributed by atoms with E-state index in [4.69, 9.17) is 16.9 Å². The molecular weight excluding hydrogens is 244 g/mol. The zero-order valence-corrected chi connectivity index (χ0v) is 10.4. The third-order valence-electron chi connectivity index (χ3n) is 2.43. The van der Waals surface area contributed by atoms with Crippen LogP contribution in [0.4, 0.5) is 5.69 Å². The molecule has 0 unspecified atom stereocenters. The Balaban J connectivity index is 2.19. The summed E-state index contributed by atoms with van der Waals surface area (Å²) in [6.45, 7) is 0. The highest BCUT2D eigenvalue weighted by Crippen LogP contribution is 2.17. The van der Waals surface area contributed by atoms with Gasteiger partial charge in [0.15, 0.2) is 0 Å². The first-order valence-corrected chi connectivity index (χ1v) is 5.85. The molecule has 2 nitrogen and oxygen atoms in total. The van der Waals surface area contributed by atoms with Crippen LogP contribution in [0.25, 0.3) is 5.57 Å². The Hall–Kier alpha value is -2.24. The van der Waals surface area contributed by atoms with Crippen molar-refractivity contribution >= 4 is 22.9 Å². The Morgan fingerprint density at radius 2 is 1.72 bits per heavy atom. The molecule has 88 valence electrons. The summed E-state index contributed by atoms with van der Waals surface area (Å²) in [6.07, 6.45) is 1.69. The van der Waals surface area contributed by atoms with Gasteiger partial charge in [0, 0.05) is 16.9 Å². The highest BCUT2D eigenvalue weighted by atomic mass is 35.5. The lowest BCUT2D eigenvalue weighted by Gasteiger charge is -2.02. The van der Waals surface area contributed by atoms with Crippen molar-refractivity contribution in [1.29, 1.82) is 5.26 Å². The maximum absolute atomic E-state index is 9.14. The van der Waals surface area contributed by atoms with Gasteiger partial charge < -0.3 is 5.32 Å². The second kappa shape index (κ2) is 5.90. The Labute approximate surface area is 111 Å². The number of hydrogen-bond donors (Lipinski definition) is 1. The Kier molecular flexibility index (Phi) is 4.01. The molecule has 0 aliphatic rings. The third-order valence-corrected chi connectivity index (χ3v) is 2.68. The van der Waals surface area contributed by atoms with Crippen molar-refractivity contribution in [1.82, 2.24) is 0 Å². The monoisotopic (exact) mass is 254 g/mol. The van der Waals surface area contributed by atoms with E-state index in [2.05, 4.69) is 11.4 Å². The number of anilines is 1. The molecule has 2 aromatic rings. The molecule has 0 aliphatic heterocycles. The van der Waals surface area contributed by atoms with Gasteiger partial charge in [0.25, 0.3) is 0 Å². The van der Waals surface area contributed by atoms with E-state index in [1.807, 2.05) is 42.5 Å². The van der Waals surface area contributed by atoms with Crippen LogP contribution < -0.4 is 5.32 Å². The van der Waals surface area contributed by atoms with E-state index in [9.17, 15) is 0 Å². The van der Waals surface area contributed by atoms with Gasteiger partial charge in [-0.05, 0) is 29.8 Å². The molecule has 1 N–H and O–H groups in total. The van der Waals surface area contributed by atoms with Crippen LogP contribution >= 0.6 is 11.6 Å². The smallest absolute Gasteiger partial charge is 0.101 e. The van der Waals surface area contributed by atoms with Gasteiger partial charge >= 0.3 is 0 Å². The first kappa shape index (κ1) is 12.2. The van der Waals surface area contributed by atoms with Crippen LogP contribution in [-0.2, 0) is 0 Å². The molecule has 0 aliphatic carbocycles. The highest BCUT2D eigenvalue weighted by molar-refractivity contribution is 6.30. The number of halogens is 1. The van der Waals surface area contributed by atoms with Gasteiger partial charge in [-0.1, -0.05) is 41.9 Å². The number of hydrogen-bond acceptors (Lipinski definition) is 2. The van der Waals surface area contributed by atoms with Crippen molar-refractivity contribution < 1.29 is 0 Å². The topological polar surface area (TPSA) is 35.8 Å². The molecule has 18 heavy (non-hydrogen) atoms. The van der Waals surface area contributed by atoms with Crippen LogP contribution in [-0.4, -0.2) is 0 Å². The zero-order valence-electron chi connectivity index (χ0n) is 9.60. The lowest BCUT2D eigenvalue weighted by atomic mass is 10.1. The van der Waals surface area contributed by atoms with Gasteiger partial charge in [-0.15, -0.1) is 0 Å². The van der Waals surface area contributed by atoms with Crippen molar-refractivity contribution in [2.24, 2.45) is 0 Å². The summed E-state index contributed by atoms with van der Waals surface area (Å²) in [5, 5.41) is 12.9. The number of allylic oxidation sites excluding steroid dienone is 1. The zero-order chi connectivity index (χ0) is 12.8. The van der Waals surface area contributed by atoms with E-state index in [0.29, 0.717) is 10.6 Å².